The van der Waals surface area contributed by atoms with Gasteiger partial charge >= 0.3 is 6.03 Å². The van der Waals surface area contributed by atoms with Gasteiger partial charge in [0.15, 0.2) is 0 Å². The van der Waals surface area contributed by atoms with Crippen LogP contribution in [-0.4, -0.2) is 45.4 Å². The van der Waals surface area contributed by atoms with Gasteiger partial charge in [0.05, 0.1) is 12.6 Å². The first-order valence-corrected chi connectivity index (χ1v) is 9.43. The van der Waals surface area contributed by atoms with Crippen molar-refractivity contribution in [3.05, 3.63) is 65.5 Å². The third-order valence-electron chi connectivity index (χ3n) is 5.33. The second-order valence-electron chi connectivity index (χ2n) is 7.33. The number of hydrogen-bond donors (Lipinski definition) is 1. The van der Waals surface area contributed by atoms with Gasteiger partial charge in [0, 0.05) is 18.9 Å². The maximum absolute atomic E-state index is 13.3. The van der Waals surface area contributed by atoms with Gasteiger partial charge in [-0.2, -0.15) is 0 Å². The van der Waals surface area contributed by atoms with E-state index >= 15 is 0 Å². The maximum Gasteiger partial charge on any atom is 0.327 e. The number of hydrogen-bond acceptors (Lipinski definition) is 4. The van der Waals surface area contributed by atoms with Crippen molar-refractivity contribution in [2.45, 2.75) is 44.9 Å². The van der Waals surface area contributed by atoms with Gasteiger partial charge in [-0.1, -0.05) is 35.9 Å². The molecule has 27 heavy (non-hydrogen) atoms. The molecule has 4 rings (SSSR count). The quantitative estimate of drug-likeness (QED) is 0.905. The van der Waals surface area contributed by atoms with Crippen molar-refractivity contribution in [3.63, 3.8) is 0 Å². The Hall–Kier alpha value is -2.73. The lowest BCUT2D eigenvalue weighted by atomic mass is 9.92. The second-order valence-corrected chi connectivity index (χ2v) is 7.33. The van der Waals surface area contributed by atoms with E-state index in [0.717, 1.165) is 30.5 Å². The molecule has 0 bridgehead atoms. The summed E-state index contributed by atoms with van der Waals surface area (Å²) < 4.78 is 0. The van der Waals surface area contributed by atoms with Crippen LogP contribution in [0.2, 0.25) is 0 Å². The van der Waals surface area contributed by atoms with E-state index in [1.807, 2.05) is 42.2 Å². The zero-order valence-corrected chi connectivity index (χ0v) is 15.5. The number of amides is 3. The fourth-order valence-electron chi connectivity index (χ4n) is 4.03. The molecule has 1 aromatic heterocycles. The third-order valence-corrected chi connectivity index (χ3v) is 5.33. The lowest BCUT2D eigenvalue weighted by Gasteiger charge is -2.47. The van der Waals surface area contributed by atoms with Crippen molar-refractivity contribution >= 4 is 11.9 Å². The van der Waals surface area contributed by atoms with Gasteiger partial charge in [0.25, 0.3) is 0 Å². The molecule has 2 aromatic rings. The van der Waals surface area contributed by atoms with Crippen LogP contribution in [0.15, 0.2) is 48.8 Å². The highest BCUT2D eigenvalue weighted by Gasteiger charge is 2.46. The Balaban J connectivity index is 1.63. The molecule has 2 aliphatic heterocycles. The van der Waals surface area contributed by atoms with E-state index in [0.29, 0.717) is 6.54 Å². The zero-order valence-electron chi connectivity index (χ0n) is 15.5. The van der Waals surface area contributed by atoms with E-state index in [4.69, 9.17) is 0 Å². The molecule has 2 atom stereocenters. The third kappa shape index (κ3) is 3.57. The van der Waals surface area contributed by atoms with Gasteiger partial charge in [-0.05, 0) is 43.5 Å². The van der Waals surface area contributed by atoms with Crippen LogP contribution in [0.3, 0.4) is 0 Å². The van der Waals surface area contributed by atoms with Crippen LogP contribution in [0.4, 0.5) is 4.79 Å². The molecular formula is C21H24N4O2. The van der Waals surface area contributed by atoms with Crippen molar-refractivity contribution in [1.82, 2.24) is 20.1 Å². The average Bonchev–Trinajstić information content (AvgIpc) is 2.69. The number of rotatable bonds is 4. The molecule has 3 heterocycles. The molecule has 1 aromatic carbocycles. The summed E-state index contributed by atoms with van der Waals surface area (Å²) in [6, 6.07) is 11.3. The zero-order chi connectivity index (χ0) is 18.8. The molecular weight excluding hydrogens is 340 g/mol. The Morgan fingerprint density at radius 1 is 1.15 bits per heavy atom. The predicted octanol–water partition coefficient (Wildman–Crippen LogP) is 2.48. The first-order chi connectivity index (χ1) is 13.1. The molecule has 140 valence electrons. The second kappa shape index (κ2) is 7.48. The molecule has 2 aliphatic rings. The SMILES string of the molecule is Cc1cccc(CN2C(=O)N(Cc3cccnc3)C(=O)C3NCCCC32)c1. The molecule has 0 spiro atoms. The van der Waals surface area contributed by atoms with Crippen molar-refractivity contribution in [2.75, 3.05) is 6.54 Å². The Morgan fingerprint density at radius 3 is 2.78 bits per heavy atom. The number of pyridine rings is 1. The number of imide groups is 1. The normalized spacial score (nSPS) is 22.7. The molecule has 0 saturated carbocycles. The van der Waals surface area contributed by atoms with Crippen LogP contribution >= 0.6 is 0 Å². The standard InChI is InChI=1S/C21H24N4O2/c1-15-5-2-6-16(11-15)13-24-18-8-4-10-23-19(18)20(26)25(21(24)27)14-17-7-3-9-22-12-17/h2-3,5-7,9,11-12,18-19,23H,4,8,10,13-14H2,1H3. The molecule has 6 heteroatoms. The number of aryl methyl sites for hydroxylation is 1. The summed E-state index contributed by atoms with van der Waals surface area (Å²) in [5, 5.41) is 3.33. The lowest BCUT2D eigenvalue weighted by Crippen LogP contribution is -2.68. The molecule has 0 radical (unpaired) electrons. The number of fused-ring (bicyclic) bond motifs is 1. The fraction of sp³-hybridized carbons (Fsp3) is 0.381. The molecule has 2 saturated heterocycles. The number of carbonyl (C=O) groups excluding carboxylic acids is 2. The van der Waals surface area contributed by atoms with Gasteiger partial charge in [-0.25, -0.2) is 4.79 Å². The van der Waals surface area contributed by atoms with Crippen LogP contribution in [0, 0.1) is 6.92 Å². The minimum Gasteiger partial charge on any atom is -0.315 e. The largest absolute Gasteiger partial charge is 0.327 e. The Morgan fingerprint density at radius 2 is 2.00 bits per heavy atom. The molecule has 2 fully saturated rings. The Bertz CT molecular complexity index is 839. The summed E-state index contributed by atoms with van der Waals surface area (Å²) in [5.74, 6) is -0.131. The summed E-state index contributed by atoms with van der Waals surface area (Å²) in [6.45, 7) is 3.62. The summed E-state index contributed by atoms with van der Waals surface area (Å²) in [7, 11) is 0. The van der Waals surface area contributed by atoms with Gasteiger partial charge in [-0.3, -0.25) is 14.7 Å². The van der Waals surface area contributed by atoms with E-state index < -0.39 is 0 Å². The van der Waals surface area contributed by atoms with Crippen LogP contribution in [0.5, 0.6) is 0 Å². The Labute approximate surface area is 159 Å². The van der Waals surface area contributed by atoms with E-state index in [1.165, 1.54) is 10.5 Å². The highest BCUT2D eigenvalue weighted by molar-refractivity contribution is 6.00. The van der Waals surface area contributed by atoms with Crippen molar-refractivity contribution in [2.24, 2.45) is 0 Å². The first-order valence-electron chi connectivity index (χ1n) is 9.43. The van der Waals surface area contributed by atoms with Gasteiger partial charge < -0.3 is 10.2 Å². The number of carbonyl (C=O) groups is 2. The predicted molar refractivity (Wildman–Crippen MR) is 102 cm³/mol. The van der Waals surface area contributed by atoms with E-state index in [-0.39, 0.29) is 30.6 Å². The van der Waals surface area contributed by atoms with Crippen molar-refractivity contribution in [1.29, 1.82) is 0 Å². The Kier molecular flexibility index (Phi) is 4.90. The van der Waals surface area contributed by atoms with Crippen LogP contribution in [0.25, 0.3) is 0 Å². The van der Waals surface area contributed by atoms with Crippen LogP contribution in [0.1, 0.15) is 29.5 Å². The van der Waals surface area contributed by atoms with Crippen LogP contribution < -0.4 is 5.32 Å². The monoisotopic (exact) mass is 364 g/mol. The highest BCUT2D eigenvalue weighted by Crippen LogP contribution is 2.27. The molecule has 3 amide bonds. The summed E-state index contributed by atoms with van der Waals surface area (Å²) >= 11 is 0. The van der Waals surface area contributed by atoms with Crippen LogP contribution in [-0.2, 0) is 17.9 Å². The van der Waals surface area contributed by atoms with Gasteiger partial charge in [0.1, 0.15) is 6.04 Å². The number of urea groups is 1. The minimum atomic E-state index is -0.335. The highest BCUT2D eigenvalue weighted by atomic mass is 16.2. The smallest absolute Gasteiger partial charge is 0.315 e. The number of benzene rings is 1. The maximum atomic E-state index is 13.3. The molecule has 2 unspecified atom stereocenters. The van der Waals surface area contributed by atoms with Crippen molar-refractivity contribution in [3.8, 4) is 0 Å². The van der Waals surface area contributed by atoms with Gasteiger partial charge in [-0.15, -0.1) is 0 Å². The molecule has 6 nitrogen and oxygen atoms in total. The average molecular weight is 364 g/mol. The number of piperidine rings is 1. The topological polar surface area (TPSA) is 65.5 Å². The number of nitrogens with zero attached hydrogens (tertiary/aromatic N) is 3. The number of aromatic nitrogens is 1. The van der Waals surface area contributed by atoms with E-state index in [2.05, 4.69) is 16.4 Å². The minimum absolute atomic E-state index is 0.0931. The first kappa shape index (κ1) is 17.7. The fourth-order valence-corrected chi connectivity index (χ4v) is 4.03. The number of nitrogens with one attached hydrogen (secondary N) is 1. The van der Waals surface area contributed by atoms with E-state index in [1.54, 1.807) is 12.4 Å². The molecule has 1 N–H and O–H groups in total. The van der Waals surface area contributed by atoms with Gasteiger partial charge in [0.2, 0.25) is 5.91 Å². The molecule has 0 aliphatic carbocycles. The lowest BCUT2D eigenvalue weighted by molar-refractivity contribution is -0.137. The summed E-state index contributed by atoms with van der Waals surface area (Å²) in [4.78, 5) is 33.6. The van der Waals surface area contributed by atoms with Crippen molar-refractivity contribution < 1.29 is 9.59 Å². The summed E-state index contributed by atoms with van der Waals surface area (Å²) in [5.41, 5.74) is 3.10. The summed E-state index contributed by atoms with van der Waals surface area (Å²) in [6.07, 6.45) is 5.20. The van der Waals surface area contributed by atoms with E-state index in [9.17, 15) is 9.59 Å².